The molecule has 0 fully saturated rings. The molecule has 0 bridgehead atoms. The highest BCUT2D eigenvalue weighted by Gasteiger charge is 2.17. The number of nitrogen functional groups attached to an aromatic ring is 3. The Labute approximate surface area is 284 Å². The van der Waals surface area contributed by atoms with E-state index < -0.39 is 5.97 Å². The van der Waals surface area contributed by atoms with E-state index in [1.165, 1.54) is 0 Å². The molecule has 17 heteroatoms. The smallest absolute Gasteiger partial charge is 0.354 e. The minimum atomic E-state index is -1.04. The zero-order valence-electron chi connectivity index (χ0n) is 25.0. The van der Waals surface area contributed by atoms with Crippen LogP contribution in [0.3, 0.4) is 0 Å². The van der Waals surface area contributed by atoms with E-state index in [1.807, 2.05) is 24.3 Å². The molecule has 0 unspecified atom stereocenters. The van der Waals surface area contributed by atoms with Gasteiger partial charge in [-0.15, -0.1) is 0 Å². The van der Waals surface area contributed by atoms with E-state index in [2.05, 4.69) is 67.5 Å². The lowest BCUT2D eigenvalue weighted by Crippen LogP contribution is -2.14. The number of aromatic carboxylic acids is 1. The van der Waals surface area contributed by atoms with E-state index in [9.17, 15) is 9.59 Å². The number of anilines is 4. The molecule has 15 nitrogen and oxygen atoms in total. The summed E-state index contributed by atoms with van der Waals surface area (Å²) in [7, 11) is 3.22. The summed E-state index contributed by atoms with van der Waals surface area (Å²) in [5.41, 5.74) is 22.5. The first kappa shape index (κ1) is 34.8. The van der Waals surface area contributed by atoms with Crippen molar-refractivity contribution in [2.45, 2.75) is 13.2 Å². The van der Waals surface area contributed by atoms with E-state index in [0.717, 1.165) is 20.1 Å². The van der Waals surface area contributed by atoms with Gasteiger partial charge in [0.15, 0.2) is 17.0 Å². The molecule has 0 atom stereocenters. The average molecular weight is 770 g/mol. The number of hydrogen-bond donors (Lipinski definition) is 7. The second-order valence-electron chi connectivity index (χ2n) is 9.67. The lowest BCUT2D eigenvalue weighted by Gasteiger charge is -2.11. The monoisotopic (exact) mass is 768 g/mol. The number of methoxy groups -OCH3 is 2. The van der Waals surface area contributed by atoms with Crippen molar-refractivity contribution >= 4 is 88.6 Å². The number of nitrogens with two attached hydrogens (primary N) is 3. The van der Waals surface area contributed by atoms with Gasteiger partial charge in [0.1, 0.15) is 5.69 Å². The molecule has 244 valence electrons. The summed E-state index contributed by atoms with van der Waals surface area (Å²) < 4.78 is 11.5. The molecule has 0 saturated heterocycles. The Morgan fingerprint density at radius 2 is 1.32 bits per heavy atom. The summed E-state index contributed by atoms with van der Waals surface area (Å²) in [6, 6.07) is 14.4. The number of hydrogen-bond acceptors (Lipinski definition) is 11. The summed E-state index contributed by atoms with van der Waals surface area (Å²) >= 11 is 6.54. The molecule has 4 heterocycles. The Kier molecular flexibility index (Phi) is 11.8. The van der Waals surface area contributed by atoms with Gasteiger partial charge in [-0.25, -0.2) is 14.8 Å². The fourth-order valence-electron chi connectivity index (χ4n) is 4.19. The number of carbonyl (C=O) groups excluding carboxylic acids is 1. The second-order valence-corrected chi connectivity index (χ2v) is 11.5. The van der Waals surface area contributed by atoms with Crippen LogP contribution in [-0.4, -0.2) is 61.6 Å². The number of benzene rings is 2. The van der Waals surface area contributed by atoms with Crippen molar-refractivity contribution < 1.29 is 24.2 Å². The maximum Gasteiger partial charge on any atom is 0.354 e. The highest BCUT2D eigenvalue weighted by molar-refractivity contribution is 9.10. The first-order chi connectivity index (χ1) is 22.5. The molecule has 0 aliphatic heterocycles. The van der Waals surface area contributed by atoms with E-state index in [1.54, 1.807) is 50.9 Å². The summed E-state index contributed by atoms with van der Waals surface area (Å²) in [6.45, 7) is 0.885. The normalized spacial score (nSPS) is 10.6. The number of carboxylic acids is 1. The van der Waals surface area contributed by atoms with Crippen LogP contribution in [0.15, 0.2) is 69.9 Å². The molecule has 0 radical (unpaired) electrons. The molecular formula is C30H30Br2N10O5. The number of rotatable bonds is 7. The zero-order chi connectivity index (χ0) is 34.1. The SMILES string of the molecule is COCc1cccc(N)c1N.COCc1cccc(NC(=O)c2[nH]nc3ncc(Br)cc23)c1N.O=C(O)c1[nH]nc2ncc(Br)cc12. The minimum Gasteiger partial charge on any atom is -0.477 e. The topological polar surface area (TPSA) is 246 Å². The molecule has 2 aromatic carbocycles. The van der Waals surface area contributed by atoms with Crippen molar-refractivity contribution in [1.82, 2.24) is 30.4 Å². The molecule has 4 aromatic heterocycles. The van der Waals surface area contributed by atoms with Gasteiger partial charge in [-0.05, 0) is 56.1 Å². The van der Waals surface area contributed by atoms with Crippen LogP contribution in [0.25, 0.3) is 22.1 Å². The number of para-hydroxylation sites is 2. The third-order valence-electron chi connectivity index (χ3n) is 6.47. The van der Waals surface area contributed by atoms with Gasteiger partial charge < -0.3 is 37.1 Å². The van der Waals surface area contributed by atoms with Crippen molar-refractivity contribution in [2.75, 3.05) is 36.7 Å². The highest BCUT2D eigenvalue weighted by atomic mass is 79.9. The van der Waals surface area contributed by atoms with Crippen LogP contribution in [0.1, 0.15) is 32.1 Å². The number of fused-ring (bicyclic) bond motifs is 2. The predicted octanol–water partition coefficient (Wildman–Crippen LogP) is 5.12. The number of carboxylic acid groups (broad SMARTS) is 1. The lowest BCUT2D eigenvalue weighted by atomic mass is 10.1. The van der Waals surface area contributed by atoms with Gasteiger partial charge in [0, 0.05) is 46.7 Å². The van der Waals surface area contributed by atoms with Crippen LogP contribution < -0.4 is 22.5 Å². The third-order valence-corrected chi connectivity index (χ3v) is 7.34. The van der Waals surface area contributed by atoms with Gasteiger partial charge >= 0.3 is 5.97 Å². The number of nitrogens with zero attached hydrogens (tertiary/aromatic N) is 4. The van der Waals surface area contributed by atoms with Crippen LogP contribution in [0.2, 0.25) is 0 Å². The van der Waals surface area contributed by atoms with Crippen molar-refractivity contribution in [3.63, 3.8) is 0 Å². The fourth-order valence-corrected chi connectivity index (χ4v) is 4.85. The van der Waals surface area contributed by atoms with E-state index in [-0.39, 0.29) is 11.6 Å². The second kappa shape index (κ2) is 15.9. The summed E-state index contributed by atoms with van der Waals surface area (Å²) in [4.78, 5) is 31.3. The quantitative estimate of drug-likeness (QED) is 0.105. The molecule has 47 heavy (non-hydrogen) atoms. The molecule has 6 rings (SSSR count). The van der Waals surface area contributed by atoms with E-state index in [4.69, 9.17) is 31.8 Å². The summed E-state index contributed by atoms with van der Waals surface area (Å²) in [5, 5.41) is 25.6. The Balaban J connectivity index is 0.000000176. The van der Waals surface area contributed by atoms with Gasteiger partial charge in [-0.3, -0.25) is 15.0 Å². The number of pyridine rings is 2. The number of carbonyl (C=O) groups is 2. The van der Waals surface area contributed by atoms with Crippen LogP contribution >= 0.6 is 31.9 Å². The molecule has 0 saturated carbocycles. The highest BCUT2D eigenvalue weighted by Crippen LogP contribution is 2.25. The Morgan fingerprint density at radius 1 is 0.809 bits per heavy atom. The fraction of sp³-hybridized carbons (Fsp3) is 0.133. The number of H-pyrrole nitrogens is 2. The molecule has 10 N–H and O–H groups in total. The summed E-state index contributed by atoms with van der Waals surface area (Å²) in [6.07, 6.45) is 3.19. The van der Waals surface area contributed by atoms with Crippen molar-refractivity contribution in [3.8, 4) is 0 Å². The van der Waals surface area contributed by atoms with E-state index >= 15 is 0 Å². The number of nitrogens with one attached hydrogen (secondary N) is 3. The zero-order valence-corrected chi connectivity index (χ0v) is 28.2. The van der Waals surface area contributed by atoms with Crippen LogP contribution in [-0.2, 0) is 22.7 Å². The van der Waals surface area contributed by atoms with Crippen LogP contribution in [0, 0.1) is 0 Å². The Hall–Kier alpha value is -5.10. The molecule has 0 spiro atoms. The van der Waals surface area contributed by atoms with Gasteiger partial charge in [0.25, 0.3) is 5.91 Å². The third kappa shape index (κ3) is 8.59. The maximum atomic E-state index is 12.5. The number of halogens is 2. The van der Waals surface area contributed by atoms with Crippen molar-refractivity contribution in [1.29, 1.82) is 0 Å². The Morgan fingerprint density at radius 3 is 1.87 bits per heavy atom. The Bertz CT molecular complexity index is 2030. The van der Waals surface area contributed by atoms with Gasteiger partial charge in [0.2, 0.25) is 0 Å². The minimum absolute atomic E-state index is 0.0591. The maximum absolute atomic E-state index is 12.5. The number of aromatic nitrogens is 6. The van der Waals surface area contributed by atoms with Crippen LogP contribution in [0.4, 0.5) is 22.7 Å². The summed E-state index contributed by atoms with van der Waals surface area (Å²) in [5.74, 6) is -1.38. The van der Waals surface area contributed by atoms with E-state index in [0.29, 0.717) is 63.7 Å². The predicted molar refractivity (Wildman–Crippen MR) is 186 cm³/mol. The number of ether oxygens (including phenoxy) is 2. The van der Waals surface area contributed by atoms with Crippen molar-refractivity contribution in [3.05, 3.63) is 92.4 Å². The standard InChI is InChI=1S/C15H14BrN5O2.C8H12N2O.C7H4BrN3O2/c1-23-7-8-3-2-4-11(12(8)17)19-15(22)13-10-5-9(16)6-18-14(10)21-20-13;1-11-5-6-3-2-4-7(9)8(6)10;8-3-1-4-5(7(12)13)10-11-6(4)9-2-3/h2-6H,7,17H2,1H3,(H,19,22)(H,18,20,21);2-4H,5,9-10H2,1H3;1-2H,(H,12,13)(H,9,10,11). The lowest BCUT2D eigenvalue weighted by molar-refractivity contribution is 0.0692. The number of amides is 1. The van der Waals surface area contributed by atoms with Gasteiger partial charge in [-0.1, -0.05) is 24.3 Å². The van der Waals surface area contributed by atoms with Gasteiger partial charge in [0.05, 0.1) is 46.7 Å². The number of aromatic amines is 2. The molecule has 1 amide bonds. The molecular weight excluding hydrogens is 740 g/mol. The van der Waals surface area contributed by atoms with Crippen LogP contribution in [0.5, 0.6) is 0 Å². The van der Waals surface area contributed by atoms with Gasteiger partial charge in [-0.2, -0.15) is 10.2 Å². The molecule has 0 aliphatic carbocycles. The molecule has 6 aromatic rings. The first-order valence-electron chi connectivity index (χ1n) is 13.6. The van der Waals surface area contributed by atoms with Crippen molar-refractivity contribution in [2.24, 2.45) is 0 Å². The molecule has 0 aliphatic rings. The average Bonchev–Trinajstić information content (AvgIpc) is 3.66. The first-order valence-corrected chi connectivity index (χ1v) is 15.1. The largest absolute Gasteiger partial charge is 0.477 e.